The van der Waals surface area contributed by atoms with Gasteiger partial charge in [0.1, 0.15) is 0 Å². The number of carbonyl (C=O) groups is 1. The van der Waals surface area contributed by atoms with E-state index in [-0.39, 0.29) is 5.91 Å². The van der Waals surface area contributed by atoms with Crippen LogP contribution in [0.15, 0.2) is 42.6 Å². The first-order valence-corrected chi connectivity index (χ1v) is 7.21. The van der Waals surface area contributed by atoms with Crippen LogP contribution >= 0.6 is 34.8 Å². The Morgan fingerprint density at radius 3 is 2.48 bits per heavy atom. The first-order valence-electron chi connectivity index (χ1n) is 6.08. The molecule has 1 aromatic heterocycles. The highest BCUT2D eigenvalue weighted by molar-refractivity contribution is 6.40. The van der Waals surface area contributed by atoms with E-state index in [0.29, 0.717) is 26.3 Å². The van der Waals surface area contributed by atoms with E-state index in [1.165, 1.54) is 0 Å². The van der Waals surface area contributed by atoms with Crippen molar-refractivity contribution in [3.05, 3.63) is 63.2 Å². The molecule has 3 rings (SSSR count). The largest absolute Gasteiger partial charge is 0.360 e. The molecular formula is C15H9Cl3N2O. The van der Waals surface area contributed by atoms with Crippen molar-refractivity contribution in [3.63, 3.8) is 0 Å². The van der Waals surface area contributed by atoms with Gasteiger partial charge in [0.15, 0.2) is 0 Å². The third-order valence-electron chi connectivity index (χ3n) is 3.09. The first-order chi connectivity index (χ1) is 10.1. The molecule has 106 valence electrons. The molecular weight excluding hydrogens is 331 g/mol. The maximum absolute atomic E-state index is 12.4. The van der Waals surface area contributed by atoms with Gasteiger partial charge in [-0.15, -0.1) is 0 Å². The predicted octanol–water partition coefficient (Wildman–Crippen LogP) is 5.38. The lowest BCUT2D eigenvalue weighted by Gasteiger charge is -2.08. The molecule has 0 saturated heterocycles. The van der Waals surface area contributed by atoms with Gasteiger partial charge in [-0.3, -0.25) is 4.79 Å². The third kappa shape index (κ3) is 2.72. The highest BCUT2D eigenvalue weighted by Gasteiger charge is 2.15. The van der Waals surface area contributed by atoms with Crippen LogP contribution in [0.25, 0.3) is 10.9 Å². The molecule has 0 radical (unpaired) electrons. The summed E-state index contributed by atoms with van der Waals surface area (Å²) in [4.78, 5) is 15.4. The SMILES string of the molecule is O=C(Nc1c(Cl)cccc1Cl)c1c[nH]c2ccc(Cl)cc12. The van der Waals surface area contributed by atoms with Gasteiger partial charge < -0.3 is 10.3 Å². The lowest BCUT2D eigenvalue weighted by Crippen LogP contribution is -2.12. The van der Waals surface area contributed by atoms with Crippen LogP contribution in [-0.2, 0) is 0 Å². The second kappa shape index (κ2) is 5.60. The number of anilines is 1. The van der Waals surface area contributed by atoms with Crippen molar-refractivity contribution < 1.29 is 4.79 Å². The van der Waals surface area contributed by atoms with E-state index in [1.54, 1.807) is 36.5 Å². The Labute approximate surface area is 135 Å². The van der Waals surface area contributed by atoms with E-state index in [1.807, 2.05) is 6.07 Å². The van der Waals surface area contributed by atoms with Gasteiger partial charge >= 0.3 is 0 Å². The molecule has 0 unspecified atom stereocenters. The second-order valence-electron chi connectivity index (χ2n) is 4.44. The fourth-order valence-electron chi connectivity index (χ4n) is 2.08. The van der Waals surface area contributed by atoms with E-state index < -0.39 is 0 Å². The number of fused-ring (bicyclic) bond motifs is 1. The van der Waals surface area contributed by atoms with Crippen LogP contribution in [0.1, 0.15) is 10.4 Å². The molecule has 0 saturated carbocycles. The Morgan fingerprint density at radius 2 is 1.76 bits per heavy atom. The number of carbonyl (C=O) groups excluding carboxylic acids is 1. The molecule has 1 amide bonds. The Morgan fingerprint density at radius 1 is 1.05 bits per heavy atom. The number of benzene rings is 2. The molecule has 0 aliphatic carbocycles. The smallest absolute Gasteiger partial charge is 0.257 e. The summed E-state index contributed by atoms with van der Waals surface area (Å²) in [6.07, 6.45) is 1.63. The maximum atomic E-state index is 12.4. The summed E-state index contributed by atoms with van der Waals surface area (Å²) >= 11 is 18.1. The summed E-state index contributed by atoms with van der Waals surface area (Å²) in [7, 11) is 0. The minimum atomic E-state index is -0.307. The van der Waals surface area contributed by atoms with Gasteiger partial charge in [-0.25, -0.2) is 0 Å². The van der Waals surface area contributed by atoms with E-state index in [4.69, 9.17) is 34.8 Å². The zero-order chi connectivity index (χ0) is 15.0. The molecule has 2 aromatic carbocycles. The molecule has 0 aliphatic heterocycles. The highest BCUT2D eigenvalue weighted by atomic mass is 35.5. The predicted molar refractivity (Wildman–Crippen MR) is 87.7 cm³/mol. The van der Waals surface area contributed by atoms with Gasteiger partial charge in [-0.05, 0) is 30.3 Å². The average molecular weight is 340 g/mol. The molecule has 0 fully saturated rings. The number of hydrogen-bond donors (Lipinski definition) is 2. The summed E-state index contributed by atoms with van der Waals surface area (Å²) in [5, 5.41) is 4.79. The Bertz CT molecular complexity index is 822. The fraction of sp³-hybridized carbons (Fsp3) is 0. The number of halogens is 3. The first kappa shape index (κ1) is 14.3. The molecule has 0 aliphatic rings. The van der Waals surface area contributed by atoms with Gasteiger partial charge in [0.2, 0.25) is 0 Å². The summed E-state index contributed by atoms with van der Waals surface area (Å²) < 4.78 is 0. The second-order valence-corrected chi connectivity index (χ2v) is 5.69. The lowest BCUT2D eigenvalue weighted by atomic mass is 10.1. The molecule has 0 spiro atoms. The fourth-order valence-corrected chi connectivity index (χ4v) is 2.74. The van der Waals surface area contributed by atoms with Crippen molar-refractivity contribution >= 4 is 57.3 Å². The topological polar surface area (TPSA) is 44.9 Å². The monoisotopic (exact) mass is 338 g/mol. The van der Waals surface area contributed by atoms with Crippen LogP contribution in [0.2, 0.25) is 15.1 Å². The Hall–Kier alpha value is -1.68. The molecule has 21 heavy (non-hydrogen) atoms. The number of nitrogens with one attached hydrogen (secondary N) is 2. The zero-order valence-electron chi connectivity index (χ0n) is 10.6. The van der Waals surface area contributed by atoms with Crippen LogP contribution in [0.3, 0.4) is 0 Å². The standard InChI is InChI=1S/C15H9Cl3N2O/c16-8-4-5-13-9(6-8)10(7-19-13)15(21)20-14-11(17)2-1-3-12(14)18/h1-7,19H,(H,20,21). The molecule has 2 N–H and O–H groups in total. The highest BCUT2D eigenvalue weighted by Crippen LogP contribution is 2.31. The van der Waals surface area contributed by atoms with Crippen LogP contribution in [0.4, 0.5) is 5.69 Å². The summed E-state index contributed by atoms with van der Waals surface area (Å²) in [5.74, 6) is -0.307. The van der Waals surface area contributed by atoms with Crippen molar-refractivity contribution in [3.8, 4) is 0 Å². The lowest BCUT2D eigenvalue weighted by molar-refractivity contribution is 0.102. The van der Waals surface area contributed by atoms with E-state index >= 15 is 0 Å². The summed E-state index contributed by atoms with van der Waals surface area (Å²) in [6, 6.07) is 10.3. The normalized spacial score (nSPS) is 10.8. The van der Waals surface area contributed by atoms with Crippen molar-refractivity contribution in [2.24, 2.45) is 0 Å². The van der Waals surface area contributed by atoms with Gasteiger partial charge in [0, 0.05) is 22.1 Å². The minimum Gasteiger partial charge on any atom is -0.360 e. The van der Waals surface area contributed by atoms with Crippen LogP contribution < -0.4 is 5.32 Å². The number of aromatic nitrogens is 1. The minimum absolute atomic E-state index is 0.307. The maximum Gasteiger partial charge on any atom is 0.257 e. The summed E-state index contributed by atoms with van der Waals surface area (Å²) in [5.41, 5.74) is 1.69. The van der Waals surface area contributed by atoms with Gasteiger partial charge in [0.25, 0.3) is 5.91 Å². The van der Waals surface area contributed by atoms with Crippen molar-refractivity contribution in [1.82, 2.24) is 4.98 Å². The number of para-hydroxylation sites is 1. The molecule has 3 aromatic rings. The van der Waals surface area contributed by atoms with Crippen LogP contribution in [0.5, 0.6) is 0 Å². The summed E-state index contributed by atoms with van der Waals surface area (Å²) in [6.45, 7) is 0. The number of hydrogen-bond acceptors (Lipinski definition) is 1. The number of aromatic amines is 1. The molecule has 1 heterocycles. The van der Waals surface area contributed by atoms with Gasteiger partial charge in [0.05, 0.1) is 21.3 Å². The van der Waals surface area contributed by atoms with Crippen molar-refractivity contribution in [1.29, 1.82) is 0 Å². The van der Waals surface area contributed by atoms with E-state index in [0.717, 1.165) is 10.9 Å². The van der Waals surface area contributed by atoms with Crippen LogP contribution in [0, 0.1) is 0 Å². The number of H-pyrrole nitrogens is 1. The average Bonchev–Trinajstić information content (AvgIpc) is 2.86. The molecule has 0 atom stereocenters. The third-order valence-corrected chi connectivity index (χ3v) is 3.95. The Balaban J connectivity index is 2.00. The number of rotatable bonds is 2. The molecule has 6 heteroatoms. The zero-order valence-corrected chi connectivity index (χ0v) is 12.9. The quantitative estimate of drug-likeness (QED) is 0.647. The van der Waals surface area contributed by atoms with Gasteiger partial charge in [-0.2, -0.15) is 0 Å². The number of amides is 1. The van der Waals surface area contributed by atoms with Crippen molar-refractivity contribution in [2.45, 2.75) is 0 Å². The van der Waals surface area contributed by atoms with Crippen LogP contribution in [-0.4, -0.2) is 10.9 Å². The Kier molecular flexibility index (Phi) is 3.81. The molecule has 0 bridgehead atoms. The molecule has 3 nitrogen and oxygen atoms in total. The van der Waals surface area contributed by atoms with Gasteiger partial charge in [-0.1, -0.05) is 40.9 Å². The van der Waals surface area contributed by atoms with E-state index in [2.05, 4.69) is 10.3 Å². The van der Waals surface area contributed by atoms with Crippen molar-refractivity contribution in [2.75, 3.05) is 5.32 Å². The van der Waals surface area contributed by atoms with E-state index in [9.17, 15) is 4.79 Å².